The van der Waals surface area contributed by atoms with Gasteiger partial charge in [-0.25, -0.2) is 0 Å². The number of amides is 3. The number of fused-ring (bicyclic) bond motifs is 7. The molecule has 4 N–H and O–H groups in total. The highest BCUT2D eigenvalue weighted by atomic mass is 33.1. The van der Waals surface area contributed by atoms with Crippen LogP contribution in [0.2, 0.25) is 0 Å². The number of hydrogen-bond acceptors (Lipinski definition) is 8. The van der Waals surface area contributed by atoms with Gasteiger partial charge in [0, 0.05) is 11.5 Å². The van der Waals surface area contributed by atoms with Crippen molar-refractivity contribution in [2.24, 2.45) is 5.92 Å². The average Bonchev–Trinajstić information content (AvgIpc) is 2.73. The van der Waals surface area contributed by atoms with Crippen molar-refractivity contribution in [2.45, 2.75) is 76.8 Å². The molecule has 2 heterocycles. The number of esters is 1. The third-order valence-corrected chi connectivity index (χ3v) is 7.91. The molecule has 2 aliphatic rings. The van der Waals surface area contributed by atoms with E-state index in [2.05, 4.69) is 16.0 Å². The molecule has 6 atom stereocenters. The minimum absolute atomic E-state index is 0.118. The molecule has 0 aromatic carbocycles. The number of aliphatic hydroxyl groups excluding tert-OH is 1. The maximum Gasteiger partial charge on any atom is 0.309 e. The molecule has 32 heavy (non-hydrogen) atoms. The first-order valence-corrected chi connectivity index (χ1v) is 13.4. The molecule has 2 bridgehead atoms. The molecule has 0 spiro atoms. The molecule has 2 aliphatic heterocycles. The first-order chi connectivity index (χ1) is 15.2. The number of rotatable bonds is 2. The summed E-state index contributed by atoms with van der Waals surface area (Å²) in [5.41, 5.74) is 0. The lowest BCUT2D eigenvalue weighted by Gasteiger charge is -2.30. The lowest BCUT2D eigenvalue weighted by Crippen LogP contribution is -2.57. The van der Waals surface area contributed by atoms with E-state index in [0.29, 0.717) is 18.6 Å². The predicted molar refractivity (Wildman–Crippen MR) is 125 cm³/mol. The summed E-state index contributed by atoms with van der Waals surface area (Å²) in [6, 6.07) is -2.42. The van der Waals surface area contributed by atoms with Gasteiger partial charge in [-0.3, -0.25) is 19.2 Å². The van der Waals surface area contributed by atoms with Crippen LogP contribution >= 0.6 is 21.6 Å². The number of ether oxygens (including phenoxy) is 1. The second-order valence-electron chi connectivity index (χ2n) is 8.10. The smallest absolute Gasteiger partial charge is 0.309 e. The van der Waals surface area contributed by atoms with E-state index in [1.165, 1.54) is 17.7 Å². The quantitative estimate of drug-likeness (QED) is 0.257. The lowest BCUT2D eigenvalue weighted by molar-refractivity contribution is -0.151. The topological polar surface area (TPSA) is 134 Å². The maximum atomic E-state index is 13.1. The largest absolute Gasteiger partial charge is 0.457 e. The fourth-order valence-electron chi connectivity index (χ4n) is 3.37. The van der Waals surface area contributed by atoms with Crippen LogP contribution in [0.25, 0.3) is 0 Å². The number of carbonyl (C=O) groups is 4. The van der Waals surface area contributed by atoms with Crippen molar-refractivity contribution in [1.82, 2.24) is 16.0 Å². The minimum atomic E-state index is -1.17. The second-order valence-corrected chi connectivity index (χ2v) is 10.7. The van der Waals surface area contributed by atoms with Crippen LogP contribution in [0.4, 0.5) is 0 Å². The third-order valence-electron chi connectivity index (χ3n) is 5.47. The van der Waals surface area contributed by atoms with Gasteiger partial charge in [0.2, 0.25) is 17.7 Å². The highest BCUT2D eigenvalue weighted by Gasteiger charge is 2.33. The van der Waals surface area contributed by atoms with Gasteiger partial charge in [-0.15, -0.1) is 0 Å². The molecule has 0 aromatic rings. The van der Waals surface area contributed by atoms with Crippen LogP contribution in [0, 0.1) is 5.92 Å². The molecule has 9 nitrogen and oxygen atoms in total. The average molecular weight is 488 g/mol. The van der Waals surface area contributed by atoms with Crippen LogP contribution in [0.15, 0.2) is 12.2 Å². The summed E-state index contributed by atoms with van der Waals surface area (Å²) in [6.45, 7) is 5.33. The van der Waals surface area contributed by atoms with Gasteiger partial charge in [-0.1, -0.05) is 47.9 Å². The summed E-state index contributed by atoms with van der Waals surface area (Å²) in [5, 5.41) is 18.9. The molecule has 0 radical (unpaired) electrons. The van der Waals surface area contributed by atoms with E-state index in [9.17, 15) is 24.3 Å². The molecule has 11 heteroatoms. The van der Waals surface area contributed by atoms with Crippen molar-refractivity contribution in [2.75, 3.05) is 11.5 Å². The number of carbonyl (C=O) groups excluding carboxylic acids is 4. The van der Waals surface area contributed by atoms with Gasteiger partial charge < -0.3 is 25.8 Å². The van der Waals surface area contributed by atoms with Gasteiger partial charge in [0.1, 0.15) is 18.2 Å². The monoisotopic (exact) mass is 487 g/mol. The first kappa shape index (κ1) is 26.5. The molecular formula is C21H33N3O6S2. The molecule has 1 saturated heterocycles. The van der Waals surface area contributed by atoms with Gasteiger partial charge in [-0.05, 0) is 25.3 Å². The summed E-state index contributed by atoms with van der Waals surface area (Å²) in [6.07, 6.45) is 2.41. The Hall–Kier alpha value is -1.72. The van der Waals surface area contributed by atoms with Crippen molar-refractivity contribution in [1.29, 1.82) is 0 Å². The summed E-state index contributed by atoms with van der Waals surface area (Å²) < 4.78 is 5.46. The van der Waals surface area contributed by atoms with Crippen molar-refractivity contribution in [3.05, 3.63) is 12.2 Å². The molecule has 1 fully saturated rings. The van der Waals surface area contributed by atoms with Crippen molar-refractivity contribution in [3.8, 4) is 0 Å². The molecule has 2 rings (SSSR count). The highest BCUT2D eigenvalue weighted by Crippen LogP contribution is 2.24. The van der Waals surface area contributed by atoms with E-state index in [4.69, 9.17) is 4.74 Å². The van der Waals surface area contributed by atoms with Crippen LogP contribution in [0.1, 0.15) is 46.5 Å². The van der Waals surface area contributed by atoms with E-state index < -0.39 is 54.0 Å². The van der Waals surface area contributed by atoms with Crippen molar-refractivity contribution < 1.29 is 29.0 Å². The Morgan fingerprint density at radius 3 is 2.59 bits per heavy atom. The summed E-state index contributed by atoms with van der Waals surface area (Å²) in [5.74, 6) is -1.09. The van der Waals surface area contributed by atoms with Crippen LogP contribution in [-0.2, 0) is 23.9 Å². The highest BCUT2D eigenvalue weighted by molar-refractivity contribution is 8.76. The Morgan fingerprint density at radius 2 is 1.88 bits per heavy atom. The van der Waals surface area contributed by atoms with Crippen LogP contribution in [0.5, 0.6) is 0 Å². The normalized spacial score (nSPS) is 33.3. The van der Waals surface area contributed by atoms with Gasteiger partial charge in [0.15, 0.2) is 0 Å². The Morgan fingerprint density at radius 1 is 1.12 bits per heavy atom. The van der Waals surface area contributed by atoms with E-state index >= 15 is 0 Å². The molecule has 0 aliphatic carbocycles. The number of aliphatic hydroxyl groups is 1. The first-order valence-electron chi connectivity index (χ1n) is 10.9. The van der Waals surface area contributed by atoms with Crippen LogP contribution < -0.4 is 16.0 Å². The standard InChI is InChI=1S/C21H33N3O6S2/c1-4-12(2)19-16(25)10-18(27)30-14-7-5-6-8-31-32-11-15(21(29)24-19)23-20(28)13(3)22-17(26)9-14/h5,7,12-16,19,25H,4,6,8-11H2,1-3H3,(H,22,26)(H,23,28)(H,24,29)/b7-5-/t12-,13+,14+,15+,16-,19+/m0/s1. The maximum absolute atomic E-state index is 13.1. The minimum Gasteiger partial charge on any atom is -0.457 e. The van der Waals surface area contributed by atoms with Crippen LogP contribution in [-0.4, -0.2) is 70.6 Å². The van der Waals surface area contributed by atoms with E-state index in [1.54, 1.807) is 16.9 Å². The molecular weight excluding hydrogens is 454 g/mol. The van der Waals surface area contributed by atoms with Gasteiger partial charge in [-0.2, -0.15) is 0 Å². The molecule has 0 unspecified atom stereocenters. The molecule has 0 aromatic heterocycles. The van der Waals surface area contributed by atoms with E-state index in [0.717, 1.165) is 5.75 Å². The van der Waals surface area contributed by atoms with Gasteiger partial charge >= 0.3 is 5.97 Å². The van der Waals surface area contributed by atoms with Crippen molar-refractivity contribution in [3.63, 3.8) is 0 Å². The third kappa shape index (κ3) is 8.32. The van der Waals surface area contributed by atoms with E-state index in [1.807, 2.05) is 19.9 Å². The summed E-state index contributed by atoms with van der Waals surface area (Å²) in [7, 11) is 3.03. The molecule has 180 valence electrons. The number of hydrogen-bond donors (Lipinski definition) is 4. The molecule has 0 saturated carbocycles. The zero-order chi connectivity index (χ0) is 23.7. The number of allylic oxidation sites excluding steroid dienone is 1. The zero-order valence-electron chi connectivity index (χ0n) is 18.7. The summed E-state index contributed by atoms with van der Waals surface area (Å²) in [4.78, 5) is 50.7. The van der Waals surface area contributed by atoms with Gasteiger partial charge in [0.25, 0.3) is 0 Å². The molecule has 3 amide bonds. The SMILES string of the molecule is CC[C@H](C)[C@H]1NC(=O)[C@H]2CSSCC/C=C\[C@H](CC(=O)N[C@H](C)C(=O)N2)OC(=O)C[C@@H]1O. The number of nitrogens with one attached hydrogen (secondary N) is 3. The summed E-state index contributed by atoms with van der Waals surface area (Å²) >= 11 is 0. The Balaban J connectivity index is 2.43. The second kappa shape index (κ2) is 13.1. The Labute approximate surface area is 196 Å². The Kier molecular flexibility index (Phi) is 10.9. The fourth-order valence-corrected chi connectivity index (χ4v) is 5.52. The lowest BCUT2D eigenvalue weighted by atomic mass is 9.92. The van der Waals surface area contributed by atoms with E-state index in [-0.39, 0.29) is 18.8 Å². The predicted octanol–water partition coefficient (Wildman–Crippen LogP) is 0.915. The fraction of sp³-hybridized carbons (Fsp3) is 0.714. The Bertz CT molecular complexity index is 720. The zero-order valence-corrected chi connectivity index (χ0v) is 20.3. The van der Waals surface area contributed by atoms with Crippen LogP contribution in [0.3, 0.4) is 0 Å². The van der Waals surface area contributed by atoms with Gasteiger partial charge in [0.05, 0.1) is 25.0 Å². The van der Waals surface area contributed by atoms with Crippen molar-refractivity contribution >= 4 is 45.3 Å².